The third kappa shape index (κ3) is 3.88. The van der Waals surface area contributed by atoms with E-state index in [-0.39, 0.29) is 24.6 Å². The molecule has 5 nitrogen and oxygen atoms in total. The fourth-order valence-electron chi connectivity index (χ4n) is 2.66. The summed E-state index contributed by atoms with van der Waals surface area (Å²) < 4.78 is 10.3. The number of nitrogens with one attached hydrogen (secondary N) is 1. The lowest BCUT2D eigenvalue weighted by Gasteiger charge is -2.07. The summed E-state index contributed by atoms with van der Waals surface area (Å²) in [6, 6.07) is 14.8. The summed E-state index contributed by atoms with van der Waals surface area (Å²) in [5.74, 6) is 0.351. The van der Waals surface area contributed by atoms with E-state index in [9.17, 15) is 9.59 Å². The third-order valence-corrected chi connectivity index (χ3v) is 4.06. The van der Waals surface area contributed by atoms with Gasteiger partial charge in [0.05, 0.1) is 24.6 Å². The minimum Gasteiger partial charge on any atom is -0.497 e. The fraction of sp³-hybridized carbons (Fsp3) is 0.200. The second-order valence-corrected chi connectivity index (χ2v) is 5.85. The maximum absolute atomic E-state index is 12.2. The Bertz CT molecular complexity index is 958. The first-order valence-corrected chi connectivity index (χ1v) is 7.97. The minimum absolute atomic E-state index is 0.0474. The third-order valence-electron chi connectivity index (χ3n) is 4.06. The maximum atomic E-state index is 12.2. The van der Waals surface area contributed by atoms with Crippen LogP contribution in [0.2, 0.25) is 0 Å². The predicted octanol–water partition coefficient (Wildman–Crippen LogP) is 3.13. The summed E-state index contributed by atoms with van der Waals surface area (Å²) in [5, 5.41) is 0.917. The van der Waals surface area contributed by atoms with E-state index in [2.05, 4.69) is 4.98 Å². The molecule has 3 aromatic rings. The molecule has 25 heavy (non-hydrogen) atoms. The molecule has 1 aromatic heterocycles. The number of hydrogen-bond donors (Lipinski definition) is 1. The summed E-state index contributed by atoms with van der Waals surface area (Å²) >= 11 is 0. The van der Waals surface area contributed by atoms with E-state index in [1.165, 1.54) is 0 Å². The Morgan fingerprint density at radius 1 is 1.12 bits per heavy atom. The van der Waals surface area contributed by atoms with Crippen LogP contribution in [-0.2, 0) is 22.6 Å². The molecule has 0 unspecified atom stereocenters. The molecule has 1 N–H and O–H groups in total. The number of aromatic amines is 1. The number of rotatable bonds is 5. The number of carbonyl (C=O) groups excluding carboxylic acids is 1. The van der Waals surface area contributed by atoms with Crippen LogP contribution in [0.15, 0.2) is 53.3 Å². The Kier molecular flexibility index (Phi) is 4.84. The van der Waals surface area contributed by atoms with E-state index in [0.717, 1.165) is 27.8 Å². The molecule has 0 atom stereocenters. The molecule has 0 bridgehead atoms. The number of aryl methyl sites for hydroxylation is 1. The summed E-state index contributed by atoms with van der Waals surface area (Å²) in [7, 11) is 1.59. The van der Waals surface area contributed by atoms with Crippen molar-refractivity contribution < 1.29 is 14.3 Å². The average Bonchev–Trinajstić information content (AvgIpc) is 2.61. The summed E-state index contributed by atoms with van der Waals surface area (Å²) in [4.78, 5) is 27.0. The molecular weight excluding hydrogens is 318 g/mol. The van der Waals surface area contributed by atoms with Gasteiger partial charge in [-0.1, -0.05) is 30.3 Å². The molecule has 0 saturated carbocycles. The highest BCUT2D eigenvalue weighted by Crippen LogP contribution is 2.16. The van der Waals surface area contributed by atoms with Gasteiger partial charge < -0.3 is 14.5 Å². The van der Waals surface area contributed by atoms with Crippen LogP contribution in [0, 0.1) is 6.92 Å². The van der Waals surface area contributed by atoms with Crippen LogP contribution in [0.4, 0.5) is 0 Å². The van der Waals surface area contributed by atoms with Crippen molar-refractivity contribution in [3.8, 4) is 5.75 Å². The number of H-pyrrole nitrogens is 1. The van der Waals surface area contributed by atoms with Crippen LogP contribution in [0.5, 0.6) is 5.75 Å². The van der Waals surface area contributed by atoms with Gasteiger partial charge in [0.1, 0.15) is 12.4 Å². The lowest BCUT2D eigenvalue weighted by Crippen LogP contribution is -2.16. The fourth-order valence-corrected chi connectivity index (χ4v) is 2.66. The molecule has 1 heterocycles. The minimum atomic E-state index is -0.381. The SMILES string of the molecule is COc1ccc(CC(=O)OCc2cc3cccc(C)c3[nH]c2=O)cc1. The number of fused-ring (bicyclic) bond motifs is 1. The van der Waals surface area contributed by atoms with Crippen LogP contribution in [0.25, 0.3) is 10.9 Å². The van der Waals surface area contributed by atoms with Crippen molar-refractivity contribution >= 4 is 16.9 Å². The molecule has 2 aromatic carbocycles. The molecule has 0 spiro atoms. The summed E-state index contributed by atoms with van der Waals surface area (Å²) in [6.45, 7) is 1.89. The zero-order valence-electron chi connectivity index (χ0n) is 14.2. The molecule has 128 valence electrons. The molecule has 3 rings (SSSR count). The first-order chi connectivity index (χ1) is 12.1. The normalized spacial score (nSPS) is 10.6. The number of pyridine rings is 1. The van der Waals surface area contributed by atoms with Gasteiger partial charge in [-0.25, -0.2) is 0 Å². The number of aromatic nitrogens is 1. The summed E-state index contributed by atoms with van der Waals surface area (Å²) in [6.07, 6.45) is 0.147. The van der Waals surface area contributed by atoms with Gasteiger partial charge in [-0.2, -0.15) is 0 Å². The number of carbonyl (C=O) groups is 1. The van der Waals surface area contributed by atoms with Gasteiger partial charge in [0.25, 0.3) is 5.56 Å². The van der Waals surface area contributed by atoms with Crippen molar-refractivity contribution in [3.05, 3.63) is 75.6 Å². The lowest BCUT2D eigenvalue weighted by molar-refractivity contribution is -0.144. The molecule has 0 amide bonds. The Balaban J connectivity index is 1.68. The molecular formula is C20H19NO4. The van der Waals surface area contributed by atoms with Crippen LogP contribution in [0.3, 0.4) is 0 Å². The van der Waals surface area contributed by atoms with E-state index in [1.54, 1.807) is 25.3 Å². The Labute approximate surface area is 145 Å². The quantitative estimate of drug-likeness (QED) is 0.726. The van der Waals surface area contributed by atoms with Gasteiger partial charge in [0.2, 0.25) is 0 Å². The highest BCUT2D eigenvalue weighted by atomic mass is 16.5. The van der Waals surface area contributed by atoms with Crippen LogP contribution >= 0.6 is 0 Å². The molecule has 5 heteroatoms. The van der Waals surface area contributed by atoms with Gasteiger partial charge in [0.15, 0.2) is 0 Å². The molecule has 0 aliphatic heterocycles. The number of methoxy groups -OCH3 is 1. The van der Waals surface area contributed by atoms with Crippen molar-refractivity contribution in [2.75, 3.05) is 7.11 Å². The summed E-state index contributed by atoms with van der Waals surface area (Å²) in [5.41, 5.74) is 2.83. The second-order valence-electron chi connectivity index (χ2n) is 5.85. The van der Waals surface area contributed by atoms with E-state index >= 15 is 0 Å². The first kappa shape index (κ1) is 16.8. The van der Waals surface area contributed by atoms with Crippen LogP contribution < -0.4 is 10.3 Å². The second kappa shape index (κ2) is 7.21. The molecule has 0 fully saturated rings. The topological polar surface area (TPSA) is 68.4 Å². The van der Waals surface area contributed by atoms with Crippen molar-refractivity contribution in [3.63, 3.8) is 0 Å². The van der Waals surface area contributed by atoms with Crippen molar-refractivity contribution in [1.29, 1.82) is 0 Å². The van der Waals surface area contributed by atoms with E-state index in [4.69, 9.17) is 9.47 Å². The van der Waals surface area contributed by atoms with Gasteiger partial charge in [-0.15, -0.1) is 0 Å². The van der Waals surface area contributed by atoms with E-state index in [0.29, 0.717) is 5.56 Å². The number of hydrogen-bond acceptors (Lipinski definition) is 4. The van der Waals surface area contributed by atoms with Gasteiger partial charge >= 0.3 is 5.97 Å². The van der Waals surface area contributed by atoms with E-state index < -0.39 is 0 Å². The van der Waals surface area contributed by atoms with Crippen LogP contribution in [-0.4, -0.2) is 18.1 Å². The van der Waals surface area contributed by atoms with Crippen molar-refractivity contribution in [2.24, 2.45) is 0 Å². The van der Waals surface area contributed by atoms with Crippen molar-refractivity contribution in [1.82, 2.24) is 4.98 Å². The highest BCUT2D eigenvalue weighted by molar-refractivity contribution is 5.82. The standard InChI is InChI=1S/C20H19NO4/c1-13-4-3-5-15-11-16(20(23)21-19(13)15)12-25-18(22)10-14-6-8-17(24-2)9-7-14/h3-9,11H,10,12H2,1-2H3,(H,21,23). The van der Waals surface area contributed by atoms with Gasteiger partial charge in [-0.05, 0) is 41.6 Å². The van der Waals surface area contributed by atoms with Crippen LogP contribution in [0.1, 0.15) is 16.7 Å². The lowest BCUT2D eigenvalue weighted by atomic mass is 10.1. The Morgan fingerprint density at radius 2 is 1.88 bits per heavy atom. The zero-order chi connectivity index (χ0) is 17.8. The number of benzene rings is 2. The van der Waals surface area contributed by atoms with Gasteiger partial charge in [0, 0.05) is 0 Å². The Hall–Kier alpha value is -3.08. The smallest absolute Gasteiger partial charge is 0.310 e. The molecule has 0 radical (unpaired) electrons. The average molecular weight is 337 g/mol. The zero-order valence-corrected chi connectivity index (χ0v) is 14.2. The number of esters is 1. The van der Waals surface area contributed by atoms with E-state index in [1.807, 2.05) is 37.3 Å². The predicted molar refractivity (Wildman–Crippen MR) is 95.8 cm³/mol. The first-order valence-electron chi connectivity index (χ1n) is 7.97. The highest BCUT2D eigenvalue weighted by Gasteiger charge is 2.09. The largest absolute Gasteiger partial charge is 0.497 e. The molecule has 0 aliphatic carbocycles. The Morgan fingerprint density at radius 3 is 2.60 bits per heavy atom. The van der Waals surface area contributed by atoms with Crippen molar-refractivity contribution in [2.45, 2.75) is 20.0 Å². The monoisotopic (exact) mass is 337 g/mol. The molecule has 0 aliphatic rings. The van der Waals surface area contributed by atoms with Gasteiger partial charge in [-0.3, -0.25) is 9.59 Å². The maximum Gasteiger partial charge on any atom is 0.310 e. The molecule has 0 saturated heterocycles. The number of para-hydroxylation sites is 1. The number of ether oxygens (including phenoxy) is 2.